The number of nitrogens with one attached hydrogen (secondary N) is 1. The first-order chi connectivity index (χ1) is 31.9. The van der Waals surface area contributed by atoms with Crippen LogP contribution in [0.1, 0.15) is 126 Å². The van der Waals surface area contributed by atoms with Crippen molar-refractivity contribution < 1.29 is 13.9 Å². The monoisotopic (exact) mass is 923 g/mol. The zero-order valence-electron chi connectivity index (χ0n) is 38.1. The number of carbonyl (C=O) groups excluding carboxylic acids is 1. The molecule has 3 aliphatic heterocycles. The van der Waals surface area contributed by atoms with Crippen molar-refractivity contribution in [3.8, 4) is 16.8 Å². The molecule has 14 nitrogen and oxygen atoms in total. The van der Waals surface area contributed by atoms with Crippen LogP contribution in [0.25, 0.3) is 5.00 Å². The lowest BCUT2D eigenvalue weighted by Crippen LogP contribution is -2.47. The summed E-state index contributed by atoms with van der Waals surface area (Å²) >= 11 is 7.96. The van der Waals surface area contributed by atoms with Crippen molar-refractivity contribution in [2.24, 2.45) is 10.4 Å². The van der Waals surface area contributed by atoms with E-state index in [2.05, 4.69) is 103 Å². The number of thiophene rings is 1. The van der Waals surface area contributed by atoms with E-state index in [1.165, 1.54) is 22.4 Å². The molecule has 0 radical (unpaired) electrons. The number of aliphatic imine (C=N–C) groups is 1. The van der Waals surface area contributed by atoms with E-state index in [1.54, 1.807) is 42.0 Å². The second-order valence-electron chi connectivity index (χ2n) is 19.0. The van der Waals surface area contributed by atoms with Crippen LogP contribution in [-0.2, 0) is 12.0 Å². The lowest BCUT2D eigenvalue weighted by molar-refractivity contribution is 0.0888. The number of anilines is 1. The number of amides is 1. The maximum absolute atomic E-state index is 13.3. The van der Waals surface area contributed by atoms with Gasteiger partial charge in [-0.1, -0.05) is 35.9 Å². The number of likely N-dealkylation sites (tertiary alicyclic amines) is 1. The summed E-state index contributed by atoms with van der Waals surface area (Å²) in [4.78, 5) is 29.4. The Labute approximate surface area is 394 Å². The average molecular weight is 925 g/mol. The summed E-state index contributed by atoms with van der Waals surface area (Å²) in [6, 6.07) is 19.7. The number of halogens is 1. The molecule has 340 valence electrons. The normalized spacial score (nSPS) is 22.0. The highest BCUT2D eigenvalue weighted by atomic mass is 35.5. The van der Waals surface area contributed by atoms with Gasteiger partial charge in [-0.3, -0.25) is 19.3 Å². The number of oxazole rings is 1. The van der Waals surface area contributed by atoms with Gasteiger partial charge in [0.1, 0.15) is 34.9 Å². The number of fused-ring (bicyclic) bond motifs is 3. The number of rotatable bonds is 10. The van der Waals surface area contributed by atoms with E-state index in [0.29, 0.717) is 34.3 Å². The number of hydrogen-bond donors (Lipinski definition) is 1. The van der Waals surface area contributed by atoms with Crippen LogP contribution in [0.3, 0.4) is 0 Å². The zero-order valence-corrected chi connectivity index (χ0v) is 39.6. The Hall–Kier alpha value is -5.95. The van der Waals surface area contributed by atoms with Gasteiger partial charge < -0.3 is 19.4 Å². The summed E-state index contributed by atoms with van der Waals surface area (Å²) in [5.41, 5.74) is 6.32. The first-order valence-electron chi connectivity index (χ1n) is 23.0. The number of nitriles is 1. The minimum absolute atomic E-state index is 0.0256. The maximum Gasteiger partial charge on any atom is 0.272 e. The van der Waals surface area contributed by atoms with Crippen molar-refractivity contribution in [2.45, 2.75) is 110 Å². The first kappa shape index (κ1) is 43.9. The van der Waals surface area contributed by atoms with Crippen LogP contribution in [0.4, 0.5) is 5.82 Å². The Balaban J connectivity index is 0.781. The van der Waals surface area contributed by atoms with Crippen LogP contribution in [0, 0.1) is 37.5 Å². The van der Waals surface area contributed by atoms with Gasteiger partial charge in [-0.2, -0.15) is 5.26 Å². The van der Waals surface area contributed by atoms with Crippen molar-refractivity contribution in [2.75, 3.05) is 31.1 Å². The van der Waals surface area contributed by atoms with Gasteiger partial charge in [0, 0.05) is 58.7 Å². The highest BCUT2D eigenvalue weighted by molar-refractivity contribution is 7.15. The van der Waals surface area contributed by atoms with Crippen molar-refractivity contribution in [3.05, 3.63) is 128 Å². The third kappa shape index (κ3) is 8.39. The molecular formula is C50H54ClN11O3S. The lowest BCUT2D eigenvalue weighted by atomic mass is 9.79. The Kier molecular flexibility index (Phi) is 11.8. The second-order valence-corrected chi connectivity index (χ2v) is 20.6. The Morgan fingerprint density at radius 1 is 1.00 bits per heavy atom. The predicted octanol–water partition coefficient (Wildman–Crippen LogP) is 9.04. The molecule has 4 aliphatic rings. The number of nitrogens with zero attached hydrogens (tertiary/aromatic N) is 10. The van der Waals surface area contributed by atoms with Gasteiger partial charge in [-0.25, -0.2) is 4.98 Å². The molecule has 16 heteroatoms. The lowest BCUT2D eigenvalue weighted by Gasteiger charge is -2.43. The Morgan fingerprint density at radius 3 is 2.55 bits per heavy atom. The smallest absolute Gasteiger partial charge is 0.272 e. The highest BCUT2D eigenvalue weighted by Gasteiger charge is 2.46. The van der Waals surface area contributed by atoms with E-state index in [-0.39, 0.29) is 35.0 Å². The highest BCUT2D eigenvalue weighted by Crippen LogP contribution is 2.45. The van der Waals surface area contributed by atoms with E-state index in [0.717, 1.165) is 104 Å². The van der Waals surface area contributed by atoms with Gasteiger partial charge in [-0.05, 0) is 122 Å². The van der Waals surface area contributed by atoms with Gasteiger partial charge in [0.15, 0.2) is 23.2 Å². The summed E-state index contributed by atoms with van der Waals surface area (Å²) in [7, 11) is 0. The third-order valence-electron chi connectivity index (χ3n) is 14.4. The molecule has 2 saturated heterocycles. The summed E-state index contributed by atoms with van der Waals surface area (Å²) in [6.45, 7) is 14.9. The molecule has 3 fully saturated rings. The predicted molar refractivity (Wildman–Crippen MR) is 254 cm³/mol. The fourth-order valence-electron chi connectivity index (χ4n) is 10.5. The standard InChI is InChI=1S/C50H54ClN11O3S/c1-30-31(2)66-48-44(30)45(55-41(26-43-53-21-24-64-43)46-59-56-32(3)62(46)48)33-7-10-35(11-8-33)49(4,5)61-23-20-50(29-61)19-6-22-60(28-50)42-18-17-40(57-58-42)47(63)54-36-12-15-37(16-13-36)65-38-14-9-34(27-52)39(51)25-38/h7-11,14,17-18,21,24-25,36-37,41H,6,12-13,15-16,19-20,22-23,26,28-29H2,1-5H3,(H,54,63)/t36?,37?,41-,50?/m0/s1. The molecule has 2 aromatic carbocycles. The first-order valence-corrected chi connectivity index (χ1v) is 24.2. The molecule has 66 heavy (non-hydrogen) atoms. The molecule has 1 aliphatic carbocycles. The van der Waals surface area contributed by atoms with Crippen LogP contribution < -0.4 is 15.0 Å². The van der Waals surface area contributed by atoms with Crippen molar-refractivity contribution in [1.29, 1.82) is 5.26 Å². The van der Waals surface area contributed by atoms with Crippen LogP contribution >= 0.6 is 22.9 Å². The molecule has 0 bridgehead atoms. The number of aryl methyl sites for hydroxylation is 2. The van der Waals surface area contributed by atoms with Crippen LogP contribution in [0.5, 0.6) is 5.75 Å². The van der Waals surface area contributed by atoms with E-state index in [4.69, 9.17) is 31.0 Å². The molecule has 1 N–H and O–H groups in total. The number of carbonyl (C=O) groups is 1. The minimum Gasteiger partial charge on any atom is -0.490 e. The topological polar surface area (TPSA) is 163 Å². The molecule has 7 heterocycles. The molecule has 1 unspecified atom stereocenters. The number of hydrogen-bond acceptors (Lipinski definition) is 13. The largest absolute Gasteiger partial charge is 0.490 e. The third-order valence-corrected chi connectivity index (χ3v) is 15.9. The molecule has 1 spiro atoms. The summed E-state index contributed by atoms with van der Waals surface area (Å²) < 4.78 is 14.0. The Morgan fingerprint density at radius 2 is 1.82 bits per heavy atom. The summed E-state index contributed by atoms with van der Waals surface area (Å²) in [5, 5.41) is 32.0. The fraction of sp³-hybridized carbons (Fsp3) is 0.440. The van der Waals surface area contributed by atoms with E-state index in [9.17, 15) is 4.79 Å². The van der Waals surface area contributed by atoms with Gasteiger partial charge in [0.05, 0.1) is 35.0 Å². The van der Waals surface area contributed by atoms with Gasteiger partial charge in [-0.15, -0.1) is 31.7 Å². The van der Waals surface area contributed by atoms with Crippen molar-refractivity contribution in [3.63, 3.8) is 0 Å². The maximum atomic E-state index is 13.3. The number of benzene rings is 2. The number of aromatic nitrogens is 6. The molecule has 1 saturated carbocycles. The number of ether oxygens (including phenoxy) is 1. The van der Waals surface area contributed by atoms with Gasteiger partial charge in [0.25, 0.3) is 5.91 Å². The molecule has 2 atom stereocenters. The van der Waals surface area contributed by atoms with Gasteiger partial charge >= 0.3 is 0 Å². The van der Waals surface area contributed by atoms with E-state index >= 15 is 0 Å². The molecule has 1 amide bonds. The minimum atomic E-state index is -0.318. The molecule has 6 aromatic rings. The SMILES string of the molecule is Cc1sc2c(c1C)C(c1ccc(C(C)(C)N3CCC4(CCCN(c5ccc(C(=O)NC6CCC(Oc7ccc(C#N)c(Cl)c7)CC6)nn5)C4)C3)cc1)=N[C@@H](Cc1ncco1)c1nnc(C)n1-2. The van der Waals surface area contributed by atoms with Crippen molar-refractivity contribution >= 4 is 40.4 Å². The van der Waals surface area contributed by atoms with E-state index < -0.39 is 0 Å². The molecule has 10 rings (SSSR count). The quantitative estimate of drug-likeness (QED) is 0.139. The fourth-order valence-corrected chi connectivity index (χ4v) is 11.9. The second kappa shape index (κ2) is 17.7. The summed E-state index contributed by atoms with van der Waals surface area (Å²) in [5.74, 6) is 3.51. The molecule has 4 aromatic heterocycles. The van der Waals surface area contributed by atoms with Crippen LogP contribution in [-0.4, -0.2) is 84.8 Å². The number of piperidine rings is 1. The van der Waals surface area contributed by atoms with Crippen LogP contribution in [0.15, 0.2) is 76.5 Å². The van der Waals surface area contributed by atoms with Gasteiger partial charge in [0.2, 0.25) is 0 Å². The van der Waals surface area contributed by atoms with Crippen molar-refractivity contribution in [1.82, 2.24) is 40.2 Å². The Bertz CT molecular complexity index is 2820. The molecular weight excluding hydrogens is 870 g/mol. The van der Waals surface area contributed by atoms with Crippen LogP contribution in [0.2, 0.25) is 5.02 Å². The zero-order chi connectivity index (χ0) is 45.7. The van der Waals surface area contributed by atoms with E-state index in [1.807, 2.05) is 19.1 Å². The average Bonchev–Trinajstić information content (AvgIpc) is 4.12. The summed E-state index contributed by atoms with van der Waals surface area (Å²) in [6.07, 6.45) is 10.3.